The van der Waals surface area contributed by atoms with Crippen molar-refractivity contribution in [3.63, 3.8) is 0 Å². The fourth-order valence-electron chi connectivity index (χ4n) is 7.52. The van der Waals surface area contributed by atoms with E-state index >= 15 is 0 Å². The number of carbonyl (C=O) groups is 1. The number of aromatic nitrogens is 4. The van der Waals surface area contributed by atoms with E-state index in [2.05, 4.69) is 10.6 Å². The van der Waals surface area contributed by atoms with Gasteiger partial charge in [-0.3, -0.25) is 10.1 Å². The van der Waals surface area contributed by atoms with Crippen molar-refractivity contribution in [2.45, 2.75) is 49.8 Å². The molecule has 0 radical (unpaired) electrons. The number of amides is 1. The maximum absolute atomic E-state index is 14.1. The monoisotopic (exact) mass is 875 g/mol. The minimum absolute atomic E-state index is 0.0263. The summed E-state index contributed by atoms with van der Waals surface area (Å²) >= 11 is 14.2. The summed E-state index contributed by atoms with van der Waals surface area (Å²) in [4.78, 5) is 32.9. The van der Waals surface area contributed by atoms with Crippen LogP contribution in [0.5, 0.6) is 0 Å². The molecular formula is C43H36BCl2N7O5S2. The Hall–Kier alpha value is -5.47. The minimum atomic E-state index is -3.80. The van der Waals surface area contributed by atoms with E-state index in [-0.39, 0.29) is 29.4 Å². The predicted molar refractivity (Wildman–Crippen MR) is 234 cm³/mol. The number of nitrogens with one attached hydrogen (secondary N) is 2. The molecule has 0 bridgehead atoms. The molecular weight excluding hydrogens is 840 g/mol. The zero-order valence-corrected chi connectivity index (χ0v) is 35.3. The van der Waals surface area contributed by atoms with E-state index in [1.807, 2.05) is 61.5 Å². The number of hydrogen-bond acceptors (Lipinski definition) is 12. The average Bonchev–Trinajstić information content (AvgIpc) is 3.87. The molecule has 0 aliphatic carbocycles. The number of nitrogens with zero attached hydrogens (tertiary/aromatic N) is 5. The first-order valence-electron chi connectivity index (χ1n) is 19.2. The molecule has 0 saturated heterocycles. The van der Waals surface area contributed by atoms with Gasteiger partial charge < -0.3 is 15.0 Å². The SMILES string of the molecule is CCc1c(CC2CCS(=O)(=O)c3c(Cc4ccc(CC(=O)NC#N)cc4)nc(-c4cccc(Cl)c4)nc32)nc(-c2ccc(Cl)s2)nc1Nc1ccc(C2=CCOB2O)cc1. The average molecular weight is 877 g/mol. The highest BCUT2D eigenvalue weighted by molar-refractivity contribution is 7.91. The summed E-state index contributed by atoms with van der Waals surface area (Å²) < 4.78 is 34.1. The molecule has 0 saturated carbocycles. The Morgan fingerprint density at radius 2 is 1.73 bits per heavy atom. The molecule has 1 atom stereocenters. The quantitative estimate of drug-likeness (QED) is 0.0617. The molecule has 2 aliphatic rings. The van der Waals surface area contributed by atoms with E-state index < -0.39 is 22.9 Å². The number of carbonyl (C=O) groups excluding carboxylic acids is 1. The molecule has 8 rings (SSSR count). The highest BCUT2D eigenvalue weighted by Gasteiger charge is 2.37. The van der Waals surface area contributed by atoms with Crippen LogP contribution in [0.15, 0.2) is 95.9 Å². The Kier molecular flexibility index (Phi) is 12.1. The molecule has 0 fully saturated rings. The summed E-state index contributed by atoms with van der Waals surface area (Å²) in [5, 5.41) is 25.2. The Morgan fingerprint density at radius 1 is 0.967 bits per heavy atom. The second-order valence-corrected chi connectivity index (χ2v) is 18.6. The number of anilines is 2. The summed E-state index contributed by atoms with van der Waals surface area (Å²) in [6.45, 7) is 2.38. The molecule has 5 heterocycles. The van der Waals surface area contributed by atoms with Gasteiger partial charge in [0.2, 0.25) is 5.91 Å². The van der Waals surface area contributed by atoms with Gasteiger partial charge in [-0.1, -0.05) is 84.7 Å². The maximum Gasteiger partial charge on any atom is 0.491 e. The molecule has 3 N–H and O–H groups in total. The highest BCUT2D eigenvalue weighted by Crippen LogP contribution is 2.40. The molecule has 3 aromatic heterocycles. The van der Waals surface area contributed by atoms with Crippen molar-refractivity contribution in [3.05, 3.63) is 140 Å². The summed E-state index contributed by atoms with van der Waals surface area (Å²) in [6, 6.07) is 25.7. The van der Waals surface area contributed by atoms with E-state index in [4.69, 9.17) is 53.1 Å². The van der Waals surface area contributed by atoms with Gasteiger partial charge in [0.25, 0.3) is 0 Å². The first kappa shape index (κ1) is 41.3. The third-order valence-electron chi connectivity index (χ3n) is 10.4. The topological polar surface area (TPSA) is 180 Å². The molecule has 6 aromatic rings. The van der Waals surface area contributed by atoms with Crippen molar-refractivity contribution in [2.75, 3.05) is 17.7 Å². The third-order valence-corrected chi connectivity index (χ3v) is 13.7. The van der Waals surface area contributed by atoms with E-state index in [0.29, 0.717) is 80.7 Å². The minimum Gasteiger partial charge on any atom is -0.423 e. The van der Waals surface area contributed by atoms with Crippen LogP contribution in [0, 0.1) is 11.5 Å². The lowest BCUT2D eigenvalue weighted by Gasteiger charge is -2.27. The van der Waals surface area contributed by atoms with Gasteiger partial charge in [0.15, 0.2) is 27.7 Å². The van der Waals surface area contributed by atoms with Gasteiger partial charge >= 0.3 is 7.12 Å². The van der Waals surface area contributed by atoms with Crippen LogP contribution in [0.25, 0.3) is 27.6 Å². The number of fused-ring (bicyclic) bond motifs is 1. The highest BCUT2D eigenvalue weighted by atomic mass is 35.5. The summed E-state index contributed by atoms with van der Waals surface area (Å²) in [5.74, 6) is 0.561. The molecule has 0 spiro atoms. The summed E-state index contributed by atoms with van der Waals surface area (Å²) in [5.41, 5.74) is 6.87. The van der Waals surface area contributed by atoms with Crippen molar-refractivity contribution in [3.8, 4) is 28.3 Å². The van der Waals surface area contributed by atoms with Gasteiger partial charge in [0, 0.05) is 34.2 Å². The molecule has 60 heavy (non-hydrogen) atoms. The number of benzene rings is 3. The molecule has 1 amide bonds. The van der Waals surface area contributed by atoms with Crippen molar-refractivity contribution in [1.29, 1.82) is 5.26 Å². The number of hydrogen-bond donors (Lipinski definition) is 3. The molecule has 3 aromatic carbocycles. The Labute approximate surface area is 361 Å². The van der Waals surface area contributed by atoms with Gasteiger partial charge in [-0.05, 0) is 77.8 Å². The van der Waals surface area contributed by atoms with Crippen molar-refractivity contribution < 1.29 is 22.9 Å². The first-order valence-corrected chi connectivity index (χ1v) is 22.4. The van der Waals surface area contributed by atoms with Crippen molar-refractivity contribution >= 4 is 74.4 Å². The Morgan fingerprint density at radius 3 is 2.42 bits per heavy atom. The second-order valence-electron chi connectivity index (χ2n) is 14.4. The van der Waals surface area contributed by atoms with Crippen LogP contribution in [-0.2, 0) is 45.0 Å². The van der Waals surface area contributed by atoms with Gasteiger partial charge in [-0.2, -0.15) is 5.26 Å². The fourth-order valence-corrected chi connectivity index (χ4v) is 10.5. The normalized spacial score (nSPS) is 15.6. The van der Waals surface area contributed by atoms with E-state index in [1.165, 1.54) is 11.3 Å². The van der Waals surface area contributed by atoms with Gasteiger partial charge in [-0.15, -0.1) is 11.3 Å². The van der Waals surface area contributed by atoms with E-state index in [9.17, 15) is 18.2 Å². The number of rotatable bonds is 12. The third kappa shape index (κ3) is 9.00. The zero-order valence-electron chi connectivity index (χ0n) is 32.2. The lowest BCUT2D eigenvalue weighted by molar-refractivity contribution is -0.119. The first-order chi connectivity index (χ1) is 29.0. The van der Waals surface area contributed by atoms with Crippen LogP contribution < -0.4 is 10.6 Å². The van der Waals surface area contributed by atoms with Crippen molar-refractivity contribution in [1.82, 2.24) is 25.3 Å². The van der Waals surface area contributed by atoms with Crippen molar-refractivity contribution in [2.24, 2.45) is 0 Å². The smallest absolute Gasteiger partial charge is 0.423 e. The van der Waals surface area contributed by atoms with E-state index in [0.717, 1.165) is 32.9 Å². The van der Waals surface area contributed by atoms with Gasteiger partial charge in [-0.25, -0.2) is 28.4 Å². The van der Waals surface area contributed by atoms with Gasteiger partial charge in [0.05, 0.1) is 45.1 Å². The maximum atomic E-state index is 14.1. The van der Waals surface area contributed by atoms with Crippen LogP contribution in [0.3, 0.4) is 0 Å². The Bertz CT molecular complexity index is 2800. The number of thiophene rings is 1. The van der Waals surface area contributed by atoms with Crippen LogP contribution in [0.4, 0.5) is 11.5 Å². The lowest BCUT2D eigenvalue weighted by Crippen LogP contribution is -2.26. The summed E-state index contributed by atoms with van der Waals surface area (Å²) in [7, 11) is -4.77. The van der Waals surface area contributed by atoms with Crippen LogP contribution >= 0.6 is 34.5 Å². The van der Waals surface area contributed by atoms with E-state index in [1.54, 1.807) is 42.6 Å². The second kappa shape index (κ2) is 17.6. The lowest BCUT2D eigenvalue weighted by atomic mass is 9.76. The Balaban J connectivity index is 1.20. The van der Waals surface area contributed by atoms with Crippen LogP contribution in [0.2, 0.25) is 9.36 Å². The van der Waals surface area contributed by atoms with Crippen LogP contribution in [-0.4, -0.2) is 58.8 Å². The van der Waals surface area contributed by atoms with Gasteiger partial charge in [0.1, 0.15) is 10.7 Å². The fraction of sp³-hybridized carbons (Fsp3) is 0.209. The molecule has 2 aliphatic heterocycles. The number of sulfone groups is 1. The number of halogens is 2. The molecule has 17 heteroatoms. The van der Waals surface area contributed by atoms with Crippen LogP contribution in [0.1, 0.15) is 58.6 Å². The number of nitriles is 1. The largest absolute Gasteiger partial charge is 0.491 e. The zero-order chi connectivity index (χ0) is 42.0. The summed E-state index contributed by atoms with van der Waals surface area (Å²) in [6.07, 6.45) is 4.96. The molecule has 12 nitrogen and oxygen atoms in total. The standard InChI is InChI=1S/C43H36BCl2N7O5S2/c1-2-32-34(50-43(36-14-15-37(46)59-36)53-42(32)49-31-12-10-27(11-13-31)33-16-18-58-44(33)55)23-28-17-19-60(56,57)40-35(20-25-6-8-26(9-7-25)21-38(54)48-24-47)51-41(52-39(28)40)29-4-3-5-30(45)22-29/h3-16,22,28,55H,2,17-21,23H2,1H3,(H,48,54)(H,49,50,53). The molecule has 1 unspecified atom stereocenters. The predicted octanol–water partition coefficient (Wildman–Crippen LogP) is 7.94. The molecule has 302 valence electrons.